The Kier molecular flexibility index (Phi) is 5.82. The Hall–Kier alpha value is -0.380. The first kappa shape index (κ1) is 17.7. The number of nitrogens with zero attached hydrogens (tertiary/aromatic N) is 1. The Balaban J connectivity index is 2.85. The molecule has 0 spiro atoms. The average molecular weight is 317 g/mol. The maximum absolute atomic E-state index is 12.2. The van der Waals surface area contributed by atoms with E-state index in [1.807, 2.05) is 0 Å². The Labute approximate surface area is 117 Å². The van der Waals surface area contributed by atoms with Gasteiger partial charge in [-0.15, -0.1) is 0 Å². The molecule has 0 aromatic rings. The molecule has 0 radical (unpaired) electrons. The van der Waals surface area contributed by atoms with Gasteiger partial charge in [-0.3, -0.25) is 0 Å². The SMILES string of the molecule is CN(C1(CN)CCCCCC1)S(=O)(=O)NCC(F)(F)F. The van der Waals surface area contributed by atoms with Crippen LogP contribution in [0, 0.1) is 0 Å². The first-order chi connectivity index (χ1) is 9.13. The molecule has 120 valence electrons. The zero-order chi connectivity index (χ0) is 15.4. The van der Waals surface area contributed by atoms with Crippen LogP contribution in [0.3, 0.4) is 0 Å². The second-order valence-electron chi connectivity index (χ2n) is 5.25. The van der Waals surface area contributed by atoms with E-state index >= 15 is 0 Å². The number of nitrogens with two attached hydrogens (primary N) is 1. The quantitative estimate of drug-likeness (QED) is 0.752. The molecule has 20 heavy (non-hydrogen) atoms. The third-order valence-corrected chi connectivity index (χ3v) is 5.52. The van der Waals surface area contributed by atoms with Gasteiger partial charge in [-0.2, -0.15) is 30.6 Å². The van der Waals surface area contributed by atoms with Gasteiger partial charge in [-0.1, -0.05) is 25.7 Å². The number of halogens is 3. The van der Waals surface area contributed by atoms with Crippen molar-refractivity contribution in [2.24, 2.45) is 5.73 Å². The predicted octanol–water partition coefficient (Wildman–Crippen LogP) is 1.37. The monoisotopic (exact) mass is 317 g/mol. The van der Waals surface area contributed by atoms with E-state index < -0.39 is 28.5 Å². The summed E-state index contributed by atoms with van der Waals surface area (Å²) in [6.07, 6.45) is 0.219. The molecular formula is C11H22F3N3O2S. The summed E-state index contributed by atoms with van der Waals surface area (Å²) in [4.78, 5) is 0. The van der Waals surface area contributed by atoms with E-state index in [2.05, 4.69) is 0 Å². The van der Waals surface area contributed by atoms with Gasteiger partial charge in [-0.05, 0) is 12.8 Å². The summed E-state index contributed by atoms with van der Waals surface area (Å²) in [6, 6.07) is 0. The van der Waals surface area contributed by atoms with E-state index in [1.54, 1.807) is 4.72 Å². The van der Waals surface area contributed by atoms with Gasteiger partial charge in [0.1, 0.15) is 6.54 Å². The molecule has 0 aliphatic heterocycles. The molecule has 0 aromatic carbocycles. The molecule has 1 rings (SSSR count). The highest BCUT2D eigenvalue weighted by Crippen LogP contribution is 2.32. The van der Waals surface area contributed by atoms with Crippen LogP contribution in [0.5, 0.6) is 0 Å². The van der Waals surface area contributed by atoms with Crippen LogP contribution < -0.4 is 10.5 Å². The normalized spacial score (nSPS) is 20.9. The molecule has 0 heterocycles. The first-order valence-electron chi connectivity index (χ1n) is 6.63. The fraction of sp³-hybridized carbons (Fsp3) is 1.00. The molecule has 5 nitrogen and oxygen atoms in total. The van der Waals surface area contributed by atoms with Crippen LogP contribution in [0.15, 0.2) is 0 Å². The van der Waals surface area contributed by atoms with E-state index in [0.717, 1.165) is 30.0 Å². The molecule has 0 aromatic heterocycles. The summed E-state index contributed by atoms with van der Waals surface area (Å²) in [7, 11) is -2.89. The van der Waals surface area contributed by atoms with Crippen molar-refractivity contribution in [3.05, 3.63) is 0 Å². The van der Waals surface area contributed by atoms with Gasteiger partial charge in [0.2, 0.25) is 0 Å². The largest absolute Gasteiger partial charge is 0.402 e. The average Bonchev–Trinajstić information content (AvgIpc) is 2.61. The molecule has 1 aliphatic rings. The van der Waals surface area contributed by atoms with E-state index in [1.165, 1.54) is 7.05 Å². The van der Waals surface area contributed by atoms with Crippen LogP contribution in [0.2, 0.25) is 0 Å². The lowest BCUT2D eigenvalue weighted by molar-refractivity contribution is -0.121. The maximum atomic E-state index is 12.2. The smallest absolute Gasteiger partial charge is 0.329 e. The Bertz CT molecular complexity index is 404. The maximum Gasteiger partial charge on any atom is 0.402 e. The highest BCUT2D eigenvalue weighted by Gasteiger charge is 2.41. The lowest BCUT2D eigenvalue weighted by Crippen LogP contribution is -2.57. The van der Waals surface area contributed by atoms with Crippen LogP contribution in [0.25, 0.3) is 0 Å². The van der Waals surface area contributed by atoms with Crippen molar-refractivity contribution in [1.82, 2.24) is 9.03 Å². The highest BCUT2D eigenvalue weighted by atomic mass is 32.2. The van der Waals surface area contributed by atoms with Gasteiger partial charge in [-0.25, -0.2) is 0 Å². The summed E-state index contributed by atoms with van der Waals surface area (Å²) in [5.41, 5.74) is 4.95. The zero-order valence-electron chi connectivity index (χ0n) is 11.5. The van der Waals surface area contributed by atoms with Crippen molar-refractivity contribution in [3.63, 3.8) is 0 Å². The van der Waals surface area contributed by atoms with Gasteiger partial charge in [0.15, 0.2) is 0 Å². The molecule has 1 fully saturated rings. The second kappa shape index (κ2) is 6.59. The molecule has 0 unspecified atom stereocenters. The van der Waals surface area contributed by atoms with Crippen molar-refractivity contribution < 1.29 is 21.6 Å². The second-order valence-corrected chi connectivity index (χ2v) is 7.04. The molecule has 0 amide bonds. The van der Waals surface area contributed by atoms with Gasteiger partial charge in [0.25, 0.3) is 10.2 Å². The van der Waals surface area contributed by atoms with Crippen molar-refractivity contribution in [2.45, 2.75) is 50.2 Å². The molecule has 1 saturated carbocycles. The standard InChI is InChI=1S/C11H22F3N3O2S/c1-17(20(18,19)16-9-11(12,13)14)10(8-15)6-4-2-3-5-7-10/h16H,2-9,15H2,1H3. The zero-order valence-corrected chi connectivity index (χ0v) is 12.4. The molecule has 9 heteroatoms. The van der Waals surface area contributed by atoms with Crippen LogP contribution in [-0.4, -0.2) is 44.6 Å². The van der Waals surface area contributed by atoms with Crippen molar-refractivity contribution in [3.8, 4) is 0 Å². The minimum Gasteiger partial charge on any atom is -0.329 e. The topological polar surface area (TPSA) is 75.4 Å². The third-order valence-electron chi connectivity index (χ3n) is 3.90. The Morgan fingerprint density at radius 1 is 1.20 bits per heavy atom. The van der Waals surface area contributed by atoms with Gasteiger partial charge in [0, 0.05) is 19.1 Å². The first-order valence-corrected chi connectivity index (χ1v) is 8.07. The fourth-order valence-electron chi connectivity index (χ4n) is 2.56. The Morgan fingerprint density at radius 3 is 2.10 bits per heavy atom. The van der Waals surface area contributed by atoms with Crippen molar-refractivity contribution in [1.29, 1.82) is 0 Å². The van der Waals surface area contributed by atoms with Crippen molar-refractivity contribution >= 4 is 10.2 Å². The van der Waals surface area contributed by atoms with E-state index in [9.17, 15) is 21.6 Å². The number of hydrogen-bond donors (Lipinski definition) is 2. The van der Waals surface area contributed by atoms with E-state index in [4.69, 9.17) is 5.73 Å². The molecule has 1 aliphatic carbocycles. The number of nitrogens with one attached hydrogen (secondary N) is 1. The molecule has 0 saturated heterocycles. The molecule has 0 bridgehead atoms. The summed E-state index contributed by atoms with van der Waals surface area (Å²) < 4.78 is 63.1. The number of alkyl halides is 3. The molecule has 0 atom stereocenters. The van der Waals surface area contributed by atoms with E-state index in [-0.39, 0.29) is 6.54 Å². The summed E-state index contributed by atoms with van der Waals surface area (Å²) in [5.74, 6) is 0. The number of hydrogen-bond acceptors (Lipinski definition) is 3. The molecular weight excluding hydrogens is 295 g/mol. The fourth-order valence-corrected chi connectivity index (χ4v) is 3.87. The molecule has 3 N–H and O–H groups in total. The number of rotatable bonds is 5. The lowest BCUT2D eigenvalue weighted by atomic mass is 9.90. The summed E-state index contributed by atoms with van der Waals surface area (Å²) in [6.45, 7) is -1.46. The van der Waals surface area contributed by atoms with Crippen LogP contribution in [0.1, 0.15) is 38.5 Å². The van der Waals surface area contributed by atoms with Gasteiger partial charge >= 0.3 is 6.18 Å². The van der Waals surface area contributed by atoms with Gasteiger partial charge in [0.05, 0.1) is 0 Å². The minimum atomic E-state index is -4.58. The lowest BCUT2D eigenvalue weighted by Gasteiger charge is -2.39. The Morgan fingerprint density at radius 2 is 1.70 bits per heavy atom. The highest BCUT2D eigenvalue weighted by molar-refractivity contribution is 7.87. The minimum absolute atomic E-state index is 0.108. The van der Waals surface area contributed by atoms with Crippen LogP contribution >= 0.6 is 0 Å². The van der Waals surface area contributed by atoms with Crippen LogP contribution in [0.4, 0.5) is 13.2 Å². The predicted molar refractivity (Wildman–Crippen MR) is 70.2 cm³/mol. The van der Waals surface area contributed by atoms with E-state index in [0.29, 0.717) is 12.8 Å². The summed E-state index contributed by atoms with van der Waals surface area (Å²) in [5, 5.41) is 0. The third kappa shape index (κ3) is 4.57. The van der Waals surface area contributed by atoms with Crippen LogP contribution in [-0.2, 0) is 10.2 Å². The number of likely N-dealkylation sites (N-methyl/N-ethyl adjacent to an activating group) is 1. The van der Waals surface area contributed by atoms with Gasteiger partial charge < -0.3 is 5.73 Å². The van der Waals surface area contributed by atoms with Crippen molar-refractivity contribution in [2.75, 3.05) is 20.1 Å². The summed E-state index contributed by atoms with van der Waals surface area (Å²) >= 11 is 0.